The van der Waals surface area contributed by atoms with Gasteiger partial charge in [-0.3, -0.25) is 0 Å². The fraction of sp³-hybridized carbons (Fsp3) is 0.667. The Morgan fingerprint density at radius 3 is 2.00 bits per heavy atom. The Kier molecular flexibility index (Phi) is 9.86. The van der Waals surface area contributed by atoms with Gasteiger partial charge in [0, 0.05) is 4.90 Å². The summed E-state index contributed by atoms with van der Waals surface area (Å²) in [7, 11) is 0. The van der Waals surface area contributed by atoms with E-state index in [4.69, 9.17) is 0 Å². The molecule has 0 saturated carbocycles. The second-order valence-electron chi connectivity index (χ2n) is 5.57. The van der Waals surface area contributed by atoms with Gasteiger partial charge in [-0.05, 0) is 36.8 Å². The molecule has 0 amide bonds. The normalized spacial score (nSPS) is 12.6. The lowest BCUT2D eigenvalue weighted by atomic mass is 10.1. The number of rotatable bonds is 11. The van der Waals surface area contributed by atoms with Crippen LogP contribution in [0.1, 0.15) is 76.9 Å². The Hall–Kier alpha value is -0.470. The monoisotopic (exact) mass is 294 g/mol. The van der Waals surface area contributed by atoms with E-state index in [1.54, 1.807) is 0 Å². The van der Waals surface area contributed by atoms with Crippen LogP contribution < -0.4 is 0 Å². The first kappa shape index (κ1) is 17.6. The van der Waals surface area contributed by atoms with Crippen molar-refractivity contribution >= 4 is 11.8 Å². The number of aliphatic hydroxyl groups is 1. The van der Waals surface area contributed by atoms with Crippen LogP contribution in [-0.2, 0) is 0 Å². The van der Waals surface area contributed by atoms with Crippen molar-refractivity contribution < 1.29 is 5.11 Å². The highest BCUT2D eigenvalue weighted by atomic mass is 32.2. The average molecular weight is 295 g/mol. The summed E-state index contributed by atoms with van der Waals surface area (Å²) in [5.41, 5.74) is 1.00. The lowest BCUT2D eigenvalue weighted by Gasteiger charge is -2.06. The van der Waals surface area contributed by atoms with Crippen molar-refractivity contribution in [3.8, 4) is 0 Å². The van der Waals surface area contributed by atoms with Gasteiger partial charge in [-0.25, -0.2) is 0 Å². The third-order valence-corrected chi connectivity index (χ3v) is 4.73. The molecule has 0 saturated heterocycles. The van der Waals surface area contributed by atoms with E-state index in [0.29, 0.717) is 0 Å². The maximum Gasteiger partial charge on any atom is 0.0761 e. The molecule has 0 spiro atoms. The maximum atomic E-state index is 9.46. The van der Waals surface area contributed by atoms with Gasteiger partial charge < -0.3 is 5.11 Å². The van der Waals surface area contributed by atoms with E-state index < -0.39 is 0 Å². The summed E-state index contributed by atoms with van der Waals surface area (Å²) in [5, 5.41) is 9.46. The second kappa shape index (κ2) is 11.2. The van der Waals surface area contributed by atoms with Crippen LogP contribution in [0, 0.1) is 0 Å². The van der Waals surface area contributed by atoms with E-state index in [1.165, 1.54) is 62.0 Å². The Bertz CT molecular complexity index is 332. The van der Waals surface area contributed by atoms with Gasteiger partial charge in [0.05, 0.1) is 6.10 Å². The molecule has 114 valence electrons. The predicted molar refractivity (Wildman–Crippen MR) is 90.4 cm³/mol. The first-order chi connectivity index (χ1) is 9.74. The highest BCUT2D eigenvalue weighted by Gasteiger charge is 2.00. The first-order valence-electron chi connectivity index (χ1n) is 8.15. The molecule has 20 heavy (non-hydrogen) atoms. The third kappa shape index (κ3) is 7.96. The summed E-state index contributed by atoms with van der Waals surface area (Å²) >= 11 is 1.93. The second-order valence-corrected chi connectivity index (χ2v) is 6.74. The number of unbranched alkanes of at least 4 members (excludes halogenated alkanes) is 7. The molecule has 0 heterocycles. The lowest BCUT2D eigenvalue weighted by Crippen LogP contribution is -1.90. The average Bonchev–Trinajstić information content (AvgIpc) is 2.46. The van der Waals surface area contributed by atoms with E-state index in [0.717, 1.165) is 5.56 Å². The standard InChI is InChI=1S/C18H30OS/c1-3-4-5-6-7-8-9-10-15-20-18-13-11-17(12-14-18)16(2)19/h11-14,16,19H,3-10,15H2,1-2H3. The predicted octanol–water partition coefficient (Wildman–Crippen LogP) is 5.97. The van der Waals surface area contributed by atoms with Crippen LogP contribution in [0.4, 0.5) is 0 Å². The zero-order valence-electron chi connectivity index (χ0n) is 13.1. The molecule has 1 atom stereocenters. The van der Waals surface area contributed by atoms with Gasteiger partial charge in [-0.15, -0.1) is 11.8 Å². The van der Waals surface area contributed by atoms with Crippen molar-refractivity contribution in [3.05, 3.63) is 29.8 Å². The number of aliphatic hydroxyl groups excluding tert-OH is 1. The highest BCUT2D eigenvalue weighted by molar-refractivity contribution is 7.99. The van der Waals surface area contributed by atoms with Crippen molar-refractivity contribution in [3.63, 3.8) is 0 Å². The molecule has 1 rings (SSSR count). The minimum atomic E-state index is -0.359. The Morgan fingerprint density at radius 1 is 0.900 bits per heavy atom. The van der Waals surface area contributed by atoms with Crippen molar-refractivity contribution in [2.24, 2.45) is 0 Å². The molecule has 2 heteroatoms. The Morgan fingerprint density at radius 2 is 1.45 bits per heavy atom. The molecule has 1 aromatic carbocycles. The first-order valence-corrected chi connectivity index (χ1v) is 9.13. The topological polar surface area (TPSA) is 20.2 Å². The molecular weight excluding hydrogens is 264 g/mol. The summed E-state index contributed by atoms with van der Waals surface area (Å²) in [4.78, 5) is 1.32. The molecule has 0 bridgehead atoms. The summed E-state index contributed by atoms with van der Waals surface area (Å²) in [5.74, 6) is 1.21. The summed E-state index contributed by atoms with van der Waals surface area (Å²) in [6.45, 7) is 4.08. The van der Waals surface area contributed by atoms with Crippen LogP contribution in [0.3, 0.4) is 0 Å². The molecule has 0 aliphatic heterocycles. The van der Waals surface area contributed by atoms with Gasteiger partial charge >= 0.3 is 0 Å². The molecule has 1 aromatic rings. The summed E-state index contributed by atoms with van der Waals surface area (Å²) < 4.78 is 0. The summed E-state index contributed by atoms with van der Waals surface area (Å²) in [6, 6.07) is 8.30. The molecule has 1 nitrogen and oxygen atoms in total. The fourth-order valence-corrected chi connectivity index (χ4v) is 3.18. The van der Waals surface area contributed by atoms with Crippen LogP contribution in [0.5, 0.6) is 0 Å². The van der Waals surface area contributed by atoms with Crippen molar-refractivity contribution in [2.75, 3.05) is 5.75 Å². The zero-order chi connectivity index (χ0) is 14.6. The largest absolute Gasteiger partial charge is 0.389 e. The summed E-state index contributed by atoms with van der Waals surface area (Å²) in [6.07, 6.45) is 10.7. The van der Waals surface area contributed by atoms with E-state index in [1.807, 2.05) is 30.8 Å². The van der Waals surface area contributed by atoms with Crippen LogP contribution in [0.2, 0.25) is 0 Å². The van der Waals surface area contributed by atoms with Crippen molar-refractivity contribution in [1.82, 2.24) is 0 Å². The van der Waals surface area contributed by atoms with E-state index in [9.17, 15) is 5.11 Å². The lowest BCUT2D eigenvalue weighted by molar-refractivity contribution is 0.199. The smallest absolute Gasteiger partial charge is 0.0761 e. The number of hydrogen-bond donors (Lipinski definition) is 1. The van der Waals surface area contributed by atoms with Crippen molar-refractivity contribution in [1.29, 1.82) is 0 Å². The fourth-order valence-electron chi connectivity index (χ4n) is 2.27. The SMILES string of the molecule is CCCCCCCCCCSc1ccc(C(C)O)cc1. The van der Waals surface area contributed by atoms with Gasteiger partial charge in [0.15, 0.2) is 0 Å². The van der Waals surface area contributed by atoms with E-state index in [2.05, 4.69) is 19.1 Å². The Balaban J connectivity index is 2.01. The molecule has 1 unspecified atom stereocenters. The highest BCUT2D eigenvalue weighted by Crippen LogP contribution is 2.22. The molecule has 0 aliphatic rings. The molecule has 0 aliphatic carbocycles. The van der Waals surface area contributed by atoms with Crippen LogP contribution in [0.25, 0.3) is 0 Å². The molecular formula is C18H30OS. The molecule has 0 aromatic heterocycles. The third-order valence-electron chi connectivity index (χ3n) is 3.63. The van der Waals surface area contributed by atoms with Gasteiger partial charge in [0.2, 0.25) is 0 Å². The Labute approximate surface area is 129 Å². The van der Waals surface area contributed by atoms with E-state index in [-0.39, 0.29) is 6.10 Å². The van der Waals surface area contributed by atoms with Gasteiger partial charge in [0.1, 0.15) is 0 Å². The van der Waals surface area contributed by atoms with E-state index >= 15 is 0 Å². The van der Waals surface area contributed by atoms with Crippen LogP contribution in [-0.4, -0.2) is 10.9 Å². The molecule has 1 N–H and O–H groups in total. The van der Waals surface area contributed by atoms with Crippen LogP contribution in [0.15, 0.2) is 29.2 Å². The minimum absolute atomic E-state index is 0.359. The molecule has 0 radical (unpaired) electrons. The van der Waals surface area contributed by atoms with Crippen LogP contribution >= 0.6 is 11.8 Å². The van der Waals surface area contributed by atoms with Gasteiger partial charge in [-0.1, -0.05) is 64.0 Å². The number of benzene rings is 1. The number of thioether (sulfide) groups is 1. The van der Waals surface area contributed by atoms with Gasteiger partial charge in [0.25, 0.3) is 0 Å². The zero-order valence-corrected chi connectivity index (χ0v) is 13.9. The molecule has 0 fully saturated rings. The number of hydrogen-bond acceptors (Lipinski definition) is 2. The maximum absolute atomic E-state index is 9.46. The van der Waals surface area contributed by atoms with Crippen molar-refractivity contribution in [2.45, 2.75) is 76.2 Å². The minimum Gasteiger partial charge on any atom is -0.389 e. The van der Waals surface area contributed by atoms with Gasteiger partial charge in [-0.2, -0.15) is 0 Å². The quantitative estimate of drug-likeness (QED) is 0.400.